The molecule has 2 rings (SSSR count). The molecule has 0 atom stereocenters. The lowest BCUT2D eigenvalue weighted by atomic mass is 9.87. The summed E-state index contributed by atoms with van der Waals surface area (Å²) < 4.78 is 0. The number of amides is 2. The number of urea groups is 1. The van der Waals surface area contributed by atoms with E-state index in [1.165, 1.54) is 44.2 Å². The van der Waals surface area contributed by atoms with Gasteiger partial charge in [-0.2, -0.15) is 0 Å². The number of benzene rings is 1. The zero-order valence-corrected chi connectivity index (χ0v) is 12.0. The average molecular weight is 291 g/mol. The molecule has 1 saturated carbocycles. The maximum Gasteiger partial charge on any atom is 0.319 e. The van der Waals surface area contributed by atoms with E-state index >= 15 is 0 Å². The number of nitro groups is 1. The van der Waals surface area contributed by atoms with Gasteiger partial charge < -0.3 is 10.6 Å². The van der Waals surface area contributed by atoms with Gasteiger partial charge in [0.25, 0.3) is 5.69 Å². The van der Waals surface area contributed by atoms with Crippen molar-refractivity contribution in [2.24, 2.45) is 5.92 Å². The standard InChI is InChI=1S/C15H21N3O3/c19-15(16-10-9-12-5-2-1-3-6-12)17-13-7-4-8-14(11-13)18(20)21/h4,7-8,11-12H,1-3,5-6,9-10H2,(H2,16,17,19). The van der Waals surface area contributed by atoms with Crippen molar-refractivity contribution in [1.82, 2.24) is 5.32 Å². The van der Waals surface area contributed by atoms with E-state index in [4.69, 9.17) is 0 Å². The molecule has 1 aromatic carbocycles. The Hall–Kier alpha value is -2.11. The van der Waals surface area contributed by atoms with E-state index in [1.54, 1.807) is 12.1 Å². The molecule has 0 aliphatic heterocycles. The summed E-state index contributed by atoms with van der Waals surface area (Å²) in [6.45, 7) is 0.644. The third kappa shape index (κ3) is 5.06. The lowest BCUT2D eigenvalue weighted by Crippen LogP contribution is -2.30. The van der Waals surface area contributed by atoms with Crippen LogP contribution in [-0.2, 0) is 0 Å². The summed E-state index contributed by atoms with van der Waals surface area (Å²) in [5, 5.41) is 16.1. The van der Waals surface area contributed by atoms with Crippen molar-refractivity contribution < 1.29 is 9.72 Å². The zero-order chi connectivity index (χ0) is 15.1. The molecule has 0 aromatic heterocycles. The highest BCUT2D eigenvalue weighted by Gasteiger charge is 2.13. The van der Waals surface area contributed by atoms with Gasteiger partial charge in [0.05, 0.1) is 4.92 Å². The van der Waals surface area contributed by atoms with Crippen LogP contribution in [0.3, 0.4) is 0 Å². The predicted octanol–water partition coefficient (Wildman–Crippen LogP) is 3.69. The highest BCUT2D eigenvalue weighted by atomic mass is 16.6. The molecule has 21 heavy (non-hydrogen) atoms. The van der Waals surface area contributed by atoms with Crippen LogP contribution in [0.2, 0.25) is 0 Å². The summed E-state index contributed by atoms with van der Waals surface area (Å²) >= 11 is 0. The van der Waals surface area contributed by atoms with Gasteiger partial charge in [0.2, 0.25) is 0 Å². The average Bonchev–Trinajstić information content (AvgIpc) is 2.48. The van der Waals surface area contributed by atoms with Gasteiger partial charge in [-0.05, 0) is 18.4 Å². The number of nitro benzene ring substituents is 1. The number of carbonyl (C=O) groups is 1. The molecule has 1 aliphatic carbocycles. The van der Waals surface area contributed by atoms with Gasteiger partial charge in [0.1, 0.15) is 0 Å². The number of carbonyl (C=O) groups excluding carboxylic acids is 1. The Morgan fingerprint density at radius 2 is 2.05 bits per heavy atom. The molecule has 6 heteroatoms. The van der Waals surface area contributed by atoms with Crippen molar-refractivity contribution in [2.45, 2.75) is 38.5 Å². The third-order valence-corrected chi connectivity index (χ3v) is 3.88. The molecule has 1 aliphatic rings. The van der Waals surface area contributed by atoms with E-state index < -0.39 is 4.92 Å². The van der Waals surface area contributed by atoms with Gasteiger partial charge in [-0.1, -0.05) is 38.2 Å². The second-order valence-electron chi connectivity index (χ2n) is 5.48. The third-order valence-electron chi connectivity index (χ3n) is 3.88. The summed E-state index contributed by atoms with van der Waals surface area (Å²) in [7, 11) is 0. The van der Waals surface area contributed by atoms with Crippen molar-refractivity contribution in [3.63, 3.8) is 0 Å². The summed E-state index contributed by atoms with van der Waals surface area (Å²) in [6.07, 6.45) is 7.44. The molecular weight excluding hydrogens is 270 g/mol. The molecule has 0 radical (unpaired) electrons. The van der Waals surface area contributed by atoms with Crippen LogP contribution >= 0.6 is 0 Å². The number of anilines is 1. The lowest BCUT2D eigenvalue weighted by Gasteiger charge is -2.21. The number of non-ortho nitro benzene ring substituents is 1. The fraction of sp³-hybridized carbons (Fsp3) is 0.533. The fourth-order valence-electron chi connectivity index (χ4n) is 2.74. The number of hydrogen-bond donors (Lipinski definition) is 2. The smallest absolute Gasteiger partial charge is 0.319 e. The van der Waals surface area contributed by atoms with Crippen LogP contribution in [0.4, 0.5) is 16.2 Å². The van der Waals surface area contributed by atoms with Crippen LogP contribution in [0.25, 0.3) is 0 Å². The van der Waals surface area contributed by atoms with Crippen molar-refractivity contribution in [3.8, 4) is 0 Å². The van der Waals surface area contributed by atoms with Crippen LogP contribution in [0.5, 0.6) is 0 Å². The molecule has 0 heterocycles. The Morgan fingerprint density at radius 1 is 1.29 bits per heavy atom. The van der Waals surface area contributed by atoms with Crippen molar-refractivity contribution >= 4 is 17.4 Å². The lowest BCUT2D eigenvalue weighted by molar-refractivity contribution is -0.384. The number of nitrogens with one attached hydrogen (secondary N) is 2. The molecule has 0 bridgehead atoms. The minimum absolute atomic E-state index is 0.0324. The van der Waals surface area contributed by atoms with E-state index in [0.717, 1.165) is 12.3 Å². The van der Waals surface area contributed by atoms with E-state index in [-0.39, 0.29) is 11.7 Å². The van der Waals surface area contributed by atoms with E-state index in [1.807, 2.05) is 0 Å². The molecule has 1 aromatic rings. The topological polar surface area (TPSA) is 84.3 Å². The Balaban J connectivity index is 1.73. The number of hydrogen-bond acceptors (Lipinski definition) is 3. The first kappa shape index (κ1) is 15.3. The summed E-state index contributed by atoms with van der Waals surface area (Å²) in [4.78, 5) is 21.9. The monoisotopic (exact) mass is 291 g/mol. The van der Waals surface area contributed by atoms with Crippen LogP contribution < -0.4 is 10.6 Å². The first-order valence-electron chi connectivity index (χ1n) is 7.44. The molecular formula is C15H21N3O3. The van der Waals surface area contributed by atoms with Crippen LogP contribution in [-0.4, -0.2) is 17.5 Å². The summed E-state index contributed by atoms with van der Waals surface area (Å²) in [5.41, 5.74) is 0.398. The van der Waals surface area contributed by atoms with Crippen LogP contribution in [0.15, 0.2) is 24.3 Å². The van der Waals surface area contributed by atoms with Gasteiger partial charge in [-0.25, -0.2) is 4.79 Å². The minimum atomic E-state index is -0.480. The van der Waals surface area contributed by atoms with Gasteiger partial charge in [0, 0.05) is 24.4 Å². The number of nitrogens with zero attached hydrogens (tertiary/aromatic N) is 1. The summed E-state index contributed by atoms with van der Waals surface area (Å²) in [5.74, 6) is 0.719. The minimum Gasteiger partial charge on any atom is -0.338 e. The van der Waals surface area contributed by atoms with Crippen LogP contribution in [0.1, 0.15) is 38.5 Å². The van der Waals surface area contributed by atoms with E-state index in [2.05, 4.69) is 10.6 Å². The highest BCUT2D eigenvalue weighted by Crippen LogP contribution is 2.25. The van der Waals surface area contributed by atoms with Crippen molar-refractivity contribution in [3.05, 3.63) is 34.4 Å². The van der Waals surface area contributed by atoms with Gasteiger partial charge in [-0.3, -0.25) is 10.1 Å². The predicted molar refractivity (Wildman–Crippen MR) is 81.3 cm³/mol. The van der Waals surface area contributed by atoms with Gasteiger partial charge in [-0.15, -0.1) is 0 Å². The van der Waals surface area contributed by atoms with Crippen molar-refractivity contribution in [1.29, 1.82) is 0 Å². The van der Waals surface area contributed by atoms with E-state index in [0.29, 0.717) is 12.2 Å². The maximum absolute atomic E-state index is 11.7. The normalized spacial score (nSPS) is 15.4. The van der Waals surface area contributed by atoms with Crippen molar-refractivity contribution in [2.75, 3.05) is 11.9 Å². The quantitative estimate of drug-likeness (QED) is 0.641. The molecule has 2 amide bonds. The molecule has 0 saturated heterocycles. The molecule has 6 nitrogen and oxygen atoms in total. The Labute approximate surface area is 124 Å². The molecule has 2 N–H and O–H groups in total. The van der Waals surface area contributed by atoms with E-state index in [9.17, 15) is 14.9 Å². The first-order valence-corrected chi connectivity index (χ1v) is 7.44. The Bertz CT molecular complexity index is 499. The zero-order valence-electron chi connectivity index (χ0n) is 12.0. The fourth-order valence-corrected chi connectivity index (χ4v) is 2.74. The highest BCUT2D eigenvalue weighted by molar-refractivity contribution is 5.89. The number of rotatable bonds is 5. The Morgan fingerprint density at radius 3 is 2.76 bits per heavy atom. The molecule has 0 unspecified atom stereocenters. The molecule has 1 fully saturated rings. The maximum atomic E-state index is 11.7. The van der Waals surface area contributed by atoms with Gasteiger partial charge in [0.15, 0.2) is 0 Å². The molecule has 114 valence electrons. The summed E-state index contributed by atoms with van der Waals surface area (Å²) in [6, 6.07) is 5.61. The Kier molecular flexibility index (Phi) is 5.54. The molecule has 0 spiro atoms. The second kappa shape index (κ2) is 7.61. The first-order chi connectivity index (χ1) is 10.1. The largest absolute Gasteiger partial charge is 0.338 e. The second-order valence-corrected chi connectivity index (χ2v) is 5.48. The van der Waals surface area contributed by atoms with Crippen LogP contribution in [0, 0.1) is 16.0 Å². The van der Waals surface area contributed by atoms with Gasteiger partial charge >= 0.3 is 6.03 Å². The SMILES string of the molecule is O=C(NCCC1CCCCC1)Nc1cccc([N+](=O)[O-])c1.